The molecule has 2 fully saturated rings. The van der Waals surface area contributed by atoms with Crippen LogP contribution in [0.4, 0.5) is 0 Å². The second-order valence-corrected chi connectivity index (χ2v) is 5.63. The van der Waals surface area contributed by atoms with Crippen LogP contribution in [0.1, 0.15) is 19.8 Å². The molecule has 1 heterocycles. The molecule has 1 aliphatic heterocycles. The number of carbonyl (C=O) groups excluding carboxylic acids is 2. The zero-order valence-corrected chi connectivity index (χ0v) is 10.6. The molecule has 0 bridgehead atoms. The molecule has 90 valence electrons. The Morgan fingerprint density at radius 1 is 1.50 bits per heavy atom. The van der Waals surface area contributed by atoms with Crippen molar-refractivity contribution in [2.24, 2.45) is 5.92 Å². The summed E-state index contributed by atoms with van der Waals surface area (Å²) in [5, 5.41) is 2.71. The van der Waals surface area contributed by atoms with Gasteiger partial charge in [0.15, 0.2) is 0 Å². The lowest BCUT2D eigenvalue weighted by molar-refractivity contribution is -0.153. The van der Waals surface area contributed by atoms with Crippen LogP contribution in [0.15, 0.2) is 0 Å². The minimum atomic E-state index is -0.592. The van der Waals surface area contributed by atoms with Crippen molar-refractivity contribution in [1.29, 1.82) is 0 Å². The minimum absolute atomic E-state index is 0.0238. The molecule has 1 unspecified atom stereocenters. The maximum absolute atomic E-state index is 12.0. The number of hydrogen-bond acceptors (Lipinski definition) is 3. The molecule has 1 saturated carbocycles. The number of nitrogens with zero attached hydrogens (tertiary/aromatic N) is 1. The molecule has 2 aliphatic rings. The fourth-order valence-corrected chi connectivity index (χ4v) is 2.77. The summed E-state index contributed by atoms with van der Waals surface area (Å²) in [5.41, 5.74) is -0.592. The van der Waals surface area contributed by atoms with Crippen molar-refractivity contribution < 1.29 is 9.59 Å². The summed E-state index contributed by atoms with van der Waals surface area (Å²) in [5.74, 6) is 1.33. The van der Waals surface area contributed by atoms with E-state index in [0.29, 0.717) is 12.5 Å². The van der Waals surface area contributed by atoms with E-state index in [-0.39, 0.29) is 18.4 Å². The highest BCUT2D eigenvalue weighted by atomic mass is 32.2. The second kappa shape index (κ2) is 4.28. The molecule has 5 heteroatoms. The average Bonchev–Trinajstić information content (AvgIpc) is 3.08. The van der Waals surface area contributed by atoms with E-state index in [1.807, 2.05) is 13.2 Å². The summed E-state index contributed by atoms with van der Waals surface area (Å²) in [7, 11) is 0. The summed E-state index contributed by atoms with van der Waals surface area (Å²) >= 11 is 1.71. The molecule has 16 heavy (non-hydrogen) atoms. The first-order valence-corrected chi connectivity index (χ1v) is 7.07. The van der Waals surface area contributed by atoms with Gasteiger partial charge in [0.25, 0.3) is 0 Å². The van der Waals surface area contributed by atoms with Crippen molar-refractivity contribution in [1.82, 2.24) is 10.2 Å². The number of rotatable bonds is 4. The van der Waals surface area contributed by atoms with Crippen LogP contribution in [0.25, 0.3) is 0 Å². The van der Waals surface area contributed by atoms with Gasteiger partial charge in [0.05, 0.1) is 6.54 Å². The van der Waals surface area contributed by atoms with E-state index in [2.05, 4.69) is 5.32 Å². The van der Waals surface area contributed by atoms with Gasteiger partial charge in [-0.25, -0.2) is 0 Å². The van der Waals surface area contributed by atoms with Crippen LogP contribution < -0.4 is 5.32 Å². The third-order valence-electron chi connectivity index (χ3n) is 3.61. The standard InChI is InChI=1S/C11H18N2O2S/c1-11(8-3-4-8)10(15)12-7-9(14)13(11)5-6-16-2/h8H,3-7H2,1-2H3,(H,12,15). The van der Waals surface area contributed by atoms with Gasteiger partial charge < -0.3 is 10.2 Å². The van der Waals surface area contributed by atoms with Gasteiger partial charge in [-0.2, -0.15) is 11.8 Å². The largest absolute Gasteiger partial charge is 0.345 e. The Hall–Kier alpha value is -0.710. The number of amides is 2. The number of hydrogen-bond donors (Lipinski definition) is 1. The summed E-state index contributed by atoms with van der Waals surface area (Å²) in [6.45, 7) is 2.76. The van der Waals surface area contributed by atoms with E-state index in [4.69, 9.17) is 0 Å². The fourth-order valence-electron chi connectivity index (χ4n) is 2.40. The summed E-state index contributed by atoms with van der Waals surface area (Å²) in [6, 6.07) is 0. The highest BCUT2D eigenvalue weighted by molar-refractivity contribution is 7.98. The lowest BCUT2D eigenvalue weighted by atomic mass is 9.90. The van der Waals surface area contributed by atoms with Crippen molar-refractivity contribution in [3.05, 3.63) is 0 Å². The second-order valence-electron chi connectivity index (χ2n) is 4.64. The van der Waals surface area contributed by atoms with Crippen LogP contribution in [-0.2, 0) is 9.59 Å². The third-order valence-corrected chi connectivity index (χ3v) is 4.20. The van der Waals surface area contributed by atoms with Crippen LogP contribution in [0.2, 0.25) is 0 Å². The highest BCUT2D eigenvalue weighted by Crippen LogP contribution is 2.44. The Bertz CT molecular complexity index is 317. The molecule has 2 amide bonds. The van der Waals surface area contributed by atoms with Crippen molar-refractivity contribution in [2.75, 3.05) is 25.1 Å². The number of thioether (sulfide) groups is 1. The Labute approximate surface area is 100 Å². The van der Waals surface area contributed by atoms with Gasteiger partial charge in [0, 0.05) is 12.3 Å². The smallest absolute Gasteiger partial charge is 0.246 e. The molecule has 1 atom stereocenters. The first kappa shape index (κ1) is 11.8. The van der Waals surface area contributed by atoms with E-state index < -0.39 is 5.54 Å². The Balaban J connectivity index is 2.19. The van der Waals surface area contributed by atoms with Crippen molar-refractivity contribution in [2.45, 2.75) is 25.3 Å². The fraction of sp³-hybridized carbons (Fsp3) is 0.818. The van der Waals surface area contributed by atoms with E-state index >= 15 is 0 Å². The lowest BCUT2D eigenvalue weighted by Crippen LogP contribution is -2.67. The number of nitrogens with one attached hydrogen (secondary N) is 1. The van der Waals surface area contributed by atoms with E-state index in [0.717, 1.165) is 18.6 Å². The van der Waals surface area contributed by atoms with Crippen LogP contribution in [0.3, 0.4) is 0 Å². The highest BCUT2D eigenvalue weighted by Gasteiger charge is 2.54. The van der Waals surface area contributed by atoms with E-state index in [1.165, 1.54) is 0 Å². The van der Waals surface area contributed by atoms with Crippen molar-refractivity contribution in [3.8, 4) is 0 Å². The van der Waals surface area contributed by atoms with Crippen molar-refractivity contribution in [3.63, 3.8) is 0 Å². The summed E-state index contributed by atoms with van der Waals surface area (Å²) in [4.78, 5) is 25.7. The molecule has 1 aliphatic carbocycles. The number of carbonyl (C=O) groups is 2. The van der Waals surface area contributed by atoms with E-state index in [1.54, 1.807) is 16.7 Å². The van der Waals surface area contributed by atoms with Crippen LogP contribution in [0, 0.1) is 5.92 Å². The Kier molecular flexibility index (Phi) is 3.15. The van der Waals surface area contributed by atoms with E-state index in [9.17, 15) is 9.59 Å². The molecular weight excluding hydrogens is 224 g/mol. The zero-order chi connectivity index (χ0) is 11.8. The summed E-state index contributed by atoms with van der Waals surface area (Å²) in [6.07, 6.45) is 4.14. The molecule has 2 rings (SSSR count). The quantitative estimate of drug-likeness (QED) is 0.780. The molecule has 0 aromatic rings. The predicted molar refractivity (Wildman–Crippen MR) is 64.2 cm³/mol. The zero-order valence-electron chi connectivity index (χ0n) is 9.78. The van der Waals surface area contributed by atoms with Crippen LogP contribution in [0.5, 0.6) is 0 Å². The number of piperazine rings is 1. The predicted octanol–water partition coefficient (Wildman–Crippen LogP) is 0.476. The minimum Gasteiger partial charge on any atom is -0.345 e. The van der Waals surface area contributed by atoms with Crippen LogP contribution in [-0.4, -0.2) is 47.4 Å². The first-order valence-electron chi connectivity index (χ1n) is 5.68. The van der Waals surface area contributed by atoms with Gasteiger partial charge in [-0.3, -0.25) is 9.59 Å². The lowest BCUT2D eigenvalue weighted by Gasteiger charge is -2.43. The van der Waals surface area contributed by atoms with Gasteiger partial charge in [0.2, 0.25) is 11.8 Å². The molecule has 0 spiro atoms. The molecule has 4 nitrogen and oxygen atoms in total. The summed E-state index contributed by atoms with van der Waals surface area (Å²) < 4.78 is 0. The van der Waals surface area contributed by atoms with Gasteiger partial charge >= 0.3 is 0 Å². The van der Waals surface area contributed by atoms with Gasteiger partial charge in [0.1, 0.15) is 5.54 Å². The van der Waals surface area contributed by atoms with Gasteiger partial charge in [-0.05, 0) is 31.9 Å². The average molecular weight is 242 g/mol. The van der Waals surface area contributed by atoms with Crippen LogP contribution >= 0.6 is 11.8 Å². The molecular formula is C11H18N2O2S. The Morgan fingerprint density at radius 2 is 2.19 bits per heavy atom. The van der Waals surface area contributed by atoms with Crippen molar-refractivity contribution >= 4 is 23.6 Å². The normalized spacial score (nSPS) is 30.5. The molecule has 0 aromatic heterocycles. The third kappa shape index (κ3) is 1.81. The maximum Gasteiger partial charge on any atom is 0.246 e. The molecule has 0 radical (unpaired) electrons. The molecule has 1 saturated heterocycles. The first-order chi connectivity index (χ1) is 7.60. The topological polar surface area (TPSA) is 49.4 Å². The molecule has 1 N–H and O–H groups in total. The maximum atomic E-state index is 12.0. The van der Waals surface area contributed by atoms with Gasteiger partial charge in [-0.1, -0.05) is 0 Å². The monoisotopic (exact) mass is 242 g/mol. The Morgan fingerprint density at radius 3 is 2.75 bits per heavy atom. The van der Waals surface area contributed by atoms with Gasteiger partial charge in [-0.15, -0.1) is 0 Å². The molecule has 0 aromatic carbocycles. The SMILES string of the molecule is CSCCN1C(=O)CNC(=O)C1(C)C1CC1.